The summed E-state index contributed by atoms with van der Waals surface area (Å²) in [5, 5.41) is 20.6. The van der Waals surface area contributed by atoms with Gasteiger partial charge in [0.1, 0.15) is 25.4 Å². The van der Waals surface area contributed by atoms with Crippen LogP contribution in [-0.4, -0.2) is 95.9 Å². The minimum absolute atomic E-state index is 0.0961. The maximum Gasteiger partial charge on any atom is 0.472 e. The number of phosphoric ester groups is 2. The van der Waals surface area contributed by atoms with Crippen LogP contribution < -0.4 is 0 Å². The van der Waals surface area contributed by atoms with E-state index in [0.717, 1.165) is 128 Å². The van der Waals surface area contributed by atoms with Gasteiger partial charge in [-0.25, -0.2) is 9.13 Å². The maximum atomic E-state index is 12.9. The lowest BCUT2D eigenvalue weighted by molar-refractivity contribution is -0.161. The van der Waals surface area contributed by atoms with Crippen LogP contribution in [0.1, 0.15) is 342 Å². The van der Waals surface area contributed by atoms with E-state index in [4.69, 9.17) is 32.3 Å². The van der Waals surface area contributed by atoms with Crippen LogP contribution in [0, 0.1) is 0 Å². The van der Waals surface area contributed by atoms with Gasteiger partial charge in [0.05, 0.1) is 26.4 Å². The molecule has 4 N–H and O–H groups in total. The molecular formula is C79H142O16P2. The van der Waals surface area contributed by atoms with E-state index in [1.165, 1.54) is 154 Å². The molecule has 5 unspecified atom stereocenters. The normalized spacial score (nSPS) is 14.5. The van der Waals surface area contributed by atoms with Crippen molar-refractivity contribution >= 4 is 33.6 Å². The summed E-state index contributed by atoms with van der Waals surface area (Å²) in [5.41, 5.74) is 0. The molecule has 0 saturated carbocycles. The highest BCUT2D eigenvalue weighted by Crippen LogP contribution is 2.45. The minimum Gasteiger partial charge on any atom is -0.463 e. The topological polar surface area (TPSA) is 231 Å². The van der Waals surface area contributed by atoms with Crippen LogP contribution in [0.15, 0.2) is 85.1 Å². The fourth-order valence-corrected chi connectivity index (χ4v) is 12.2. The predicted molar refractivity (Wildman–Crippen MR) is 399 cm³/mol. The van der Waals surface area contributed by atoms with Gasteiger partial charge in [-0.1, -0.05) is 292 Å². The van der Waals surface area contributed by atoms with Gasteiger partial charge in [0.2, 0.25) is 0 Å². The molecule has 97 heavy (non-hydrogen) atoms. The number of carbonyl (C=O) groups is 3. The van der Waals surface area contributed by atoms with Crippen molar-refractivity contribution in [2.24, 2.45) is 0 Å². The fourth-order valence-electron chi connectivity index (χ4n) is 10.6. The Balaban J connectivity index is 4.42. The van der Waals surface area contributed by atoms with Gasteiger partial charge in [0.15, 0.2) is 6.10 Å². The lowest BCUT2D eigenvalue weighted by Gasteiger charge is -2.21. The van der Waals surface area contributed by atoms with Crippen LogP contribution in [0.2, 0.25) is 0 Å². The van der Waals surface area contributed by atoms with E-state index < -0.39 is 91.5 Å². The van der Waals surface area contributed by atoms with Crippen molar-refractivity contribution in [1.29, 1.82) is 0 Å². The lowest BCUT2D eigenvalue weighted by Crippen LogP contribution is -2.30. The monoisotopic (exact) mass is 1410 g/mol. The smallest absolute Gasteiger partial charge is 0.463 e. The molecule has 0 aliphatic rings. The van der Waals surface area contributed by atoms with Gasteiger partial charge in [-0.2, -0.15) is 0 Å². The first-order chi connectivity index (χ1) is 47.2. The van der Waals surface area contributed by atoms with Crippen molar-refractivity contribution in [3.8, 4) is 0 Å². The number of unbranched alkanes of at least 4 members (excludes halogenated alkanes) is 37. The number of aliphatic hydroxyl groups is 2. The predicted octanol–water partition coefficient (Wildman–Crippen LogP) is 22.4. The van der Waals surface area contributed by atoms with Crippen LogP contribution in [0.3, 0.4) is 0 Å². The highest BCUT2D eigenvalue weighted by molar-refractivity contribution is 7.47. The third-order valence-electron chi connectivity index (χ3n) is 16.6. The first kappa shape index (κ1) is 93.7. The van der Waals surface area contributed by atoms with E-state index >= 15 is 0 Å². The second-order valence-corrected chi connectivity index (χ2v) is 29.0. The van der Waals surface area contributed by atoms with Crippen molar-refractivity contribution in [2.45, 2.75) is 360 Å². The highest BCUT2D eigenvalue weighted by atomic mass is 31.2. The fraction of sp³-hybridized carbons (Fsp3) is 0.785. The third-order valence-corrected chi connectivity index (χ3v) is 18.5. The number of esters is 3. The molecule has 0 aromatic rings. The summed E-state index contributed by atoms with van der Waals surface area (Å²) in [6.07, 6.45) is 80.7. The number of rotatable bonds is 74. The van der Waals surface area contributed by atoms with Crippen molar-refractivity contribution in [1.82, 2.24) is 0 Å². The number of allylic oxidation sites excluding steroid dienone is 14. The van der Waals surface area contributed by atoms with Crippen LogP contribution in [-0.2, 0) is 55.8 Å². The third kappa shape index (κ3) is 73.8. The van der Waals surface area contributed by atoms with E-state index in [2.05, 4.69) is 106 Å². The molecule has 0 aromatic carbocycles. The van der Waals surface area contributed by atoms with Crippen molar-refractivity contribution in [3.63, 3.8) is 0 Å². The van der Waals surface area contributed by atoms with Crippen molar-refractivity contribution in [2.75, 3.05) is 39.6 Å². The summed E-state index contributed by atoms with van der Waals surface area (Å²) in [4.78, 5) is 58.5. The number of carbonyl (C=O) groups excluding carboxylic acids is 3. The summed E-state index contributed by atoms with van der Waals surface area (Å²) < 4.78 is 61.0. The highest BCUT2D eigenvalue weighted by Gasteiger charge is 2.29. The second kappa shape index (κ2) is 72.5. The van der Waals surface area contributed by atoms with Gasteiger partial charge in [-0.05, 0) is 116 Å². The number of hydrogen-bond acceptors (Lipinski definition) is 14. The van der Waals surface area contributed by atoms with Gasteiger partial charge in [0.25, 0.3) is 0 Å². The molecule has 0 amide bonds. The molecule has 16 nitrogen and oxygen atoms in total. The van der Waals surface area contributed by atoms with Gasteiger partial charge < -0.3 is 34.2 Å². The zero-order chi connectivity index (χ0) is 70.9. The lowest BCUT2D eigenvalue weighted by atomic mass is 10.0. The number of hydrogen-bond donors (Lipinski definition) is 4. The molecule has 0 fully saturated rings. The first-order valence-corrected chi connectivity index (χ1v) is 41.9. The van der Waals surface area contributed by atoms with E-state index in [1.807, 2.05) is 0 Å². The molecule has 0 bridgehead atoms. The molecule has 564 valence electrons. The van der Waals surface area contributed by atoms with Crippen molar-refractivity contribution < 1.29 is 75.8 Å². The Morgan fingerprint density at radius 2 is 0.546 bits per heavy atom. The first-order valence-electron chi connectivity index (χ1n) is 38.9. The molecule has 0 aliphatic heterocycles. The SMILES string of the molecule is CC/C=C\C/C=C\C/C=C\C/C=C\C/C=C\CCCCCCCCCCCCCCCCCC(=O)OCC(O)COP(=O)(O)OCC(O)COP(=O)(O)OCC(COC(=O)CCCCCCC/C=C\CCCCCCCC)OC(=O)CCCCCCC/C=C\CCCCCCCC. The quantitative estimate of drug-likeness (QED) is 0.0146. The Morgan fingerprint density at radius 3 is 0.876 bits per heavy atom. The summed E-state index contributed by atoms with van der Waals surface area (Å²) in [5.74, 6) is -1.58. The molecule has 0 spiro atoms. The largest absolute Gasteiger partial charge is 0.472 e. The zero-order valence-corrected chi connectivity index (χ0v) is 63.3. The number of aliphatic hydroxyl groups excluding tert-OH is 2. The molecule has 0 rings (SSSR count). The maximum absolute atomic E-state index is 12.9. The van der Waals surface area contributed by atoms with E-state index in [1.54, 1.807) is 0 Å². The summed E-state index contributed by atoms with van der Waals surface area (Å²) >= 11 is 0. The van der Waals surface area contributed by atoms with E-state index in [9.17, 15) is 43.5 Å². The Hall–Kier alpha value is -3.27. The number of phosphoric acid groups is 2. The van der Waals surface area contributed by atoms with E-state index in [-0.39, 0.29) is 19.3 Å². The van der Waals surface area contributed by atoms with Crippen LogP contribution in [0.5, 0.6) is 0 Å². The molecule has 0 heterocycles. The Kier molecular flexibility index (Phi) is 70.1. The molecular weight excluding hydrogens is 1270 g/mol. The summed E-state index contributed by atoms with van der Waals surface area (Å²) in [6.45, 7) is 2.57. The zero-order valence-electron chi connectivity index (χ0n) is 61.5. The average molecular weight is 1410 g/mol. The Labute approximate surface area is 591 Å². The molecule has 18 heteroatoms. The van der Waals surface area contributed by atoms with Crippen LogP contribution in [0.4, 0.5) is 0 Å². The molecule has 0 saturated heterocycles. The Bertz CT molecular complexity index is 2110. The van der Waals surface area contributed by atoms with E-state index in [0.29, 0.717) is 19.3 Å². The van der Waals surface area contributed by atoms with Gasteiger partial charge in [-0.15, -0.1) is 0 Å². The molecule has 0 aliphatic carbocycles. The van der Waals surface area contributed by atoms with Gasteiger partial charge >= 0.3 is 33.6 Å². The molecule has 0 aromatic heterocycles. The van der Waals surface area contributed by atoms with Gasteiger partial charge in [0, 0.05) is 19.3 Å². The van der Waals surface area contributed by atoms with Gasteiger partial charge in [-0.3, -0.25) is 32.5 Å². The van der Waals surface area contributed by atoms with Crippen LogP contribution >= 0.6 is 15.6 Å². The standard InChI is InChI=1S/C79H142O16P2/c1-4-7-10-13-16-19-22-25-28-29-30-31-32-33-34-35-36-37-38-39-40-41-42-43-46-48-50-53-56-59-62-65-77(82)89-68-74(80)69-91-96(85,86)92-70-75(81)71-93-97(87,88)94-73-76(95-79(84)67-64-61-58-55-52-49-45-27-24-21-18-15-12-9-6-3)72-90-78(83)66-63-60-57-54-51-47-44-26-23-20-17-14-11-8-5-2/h7,10,16,19,25-28,30-31,33-34,44-45,74-76,80-81H,4-6,8-9,11-15,17-18,20-24,29,32,35-43,46-73H2,1-3H3,(H,85,86)(H,87,88)/b10-7-,19-16-,28-25-,31-30-,34-33-,44-26-,45-27-. The average Bonchev–Trinajstić information content (AvgIpc) is 1.84. The summed E-state index contributed by atoms with van der Waals surface area (Å²) in [7, 11) is -9.78. The van der Waals surface area contributed by atoms with Crippen LogP contribution in [0.25, 0.3) is 0 Å². The Morgan fingerprint density at radius 1 is 0.299 bits per heavy atom. The minimum atomic E-state index is -4.93. The molecule has 0 radical (unpaired) electrons. The second-order valence-electron chi connectivity index (χ2n) is 26.1. The summed E-state index contributed by atoms with van der Waals surface area (Å²) in [6, 6.07) is 0. The van der Waals surface area contributed by atoms with Crippen molar-refractivity contribution in [3.05, 3.63) is 85.1 Å². The molecule has 5 atom stereocenters. The number of ether oxygens (including phenoxy) is 3.